The largest absolute Gasteiger partial charge is 0.379 e. The molecule has 6 nitrogen and oxygen atoms in total. The lowest BCUT2D eigenvalue weighted by Gasteiger charge is -2.26. The van der Waals surface area contributed by atoms with E-state index in [-0.39, 0.29) is 12.1 Å². The number of pyridine rings is 1. The van der Waals surface area contributed by atoms with Gasteiger partial charge in [-0.3, -0.25) is 9.88 Å². The molecule has 1 saturated heterocycles. The van der Waals surface area contributed by atoms with Gasteiger partial charge in [-0.2, -0.15) is 0 Å². The van der Waals surface area contributed by atoms with Crippen LogP contribution in [-0.4, -0.2) is 48.3 Å². The molecule has 0 bridgehead atoms. The van der Waals surface area contributed by atoms with Crippen LogP contribution in [0.2, 0.25) is 0 Å². The van der Waals surface area contributed by atoms with Crippen LogP contribution >= 0.6 is 0 Å². The van der Waals surface area contributed by atoms with Gasteiger partial charge in [0.1, 0.15) is 0 Å². The predicted octanol–water partition coefficient (Wildman–Crippen LogP) is 5.68. The molecule has 2 N–H and O–H groups in total. The minimum absolute atomic E-state index is 0.126. The van der Waals surface area contributed by atoms with Crippen molar-refractivity contribution in [2.24, 2.45) is 11.3 Å². The molecule has 1 saturated carbocycles. The van der Waals surface area contributed by atoms with Crippen molar-refractivity contribution in [3.05, 3.63) is 60.4 Å². The van der Waals surface area contributed by atoms with E-state index in [0.717, 1.165) is 79.0 Å². The fourth-order valence-corrected chi connectivity index (χ4v) is 5.09. The standard InChI is InChI=1S/C29H36N4O2/c1-29(2,3)17-21-16-27(21)32-28(34)31-26-11-10-23(24-6-4-5-7-25(24)26)20-8-9-22(30-18-20)19-33-12-14-35-15-13-33/h4-11,18,21,27H,12-17,19H2,1-3H3,(H2,31,32,34). The van der Waals surface area contributed by atoms with E-state index >= 15 is 0 Å². The molecule has 5 rings (SSSR count). The Kier molecular flexibility index (Phi) is 6.76. The number of nitrogens with one attached hydrogen (secondary N) is 2. The Morgan fingerprint density at radius 3 is 2.54 bits per heavy atom. The van der Waals surface area contributed by atoms with Gasteiger partial charge in [0, 0.05) is 42.8 Å². The Balaban J connectivity index is 1.29. The van der Waals surface area contributed by atoms with Crippen molar-refractivity contribution in [1.82, 2.24) is 15.2 Å². The van der Waals surface area contributed by atoms with E-state index < -0.39 is 0 Å². The van der Waals surface area contributed by atoms with Gasteiger partial charge in [-0.1, -0.05) is 57.2 Å². The molecule has 2 amide bonds. The summed E-state index contributed by atoms with van der Waals surface area (Å²) >= 11 is 0. The number of nitrogens with zero attached hydrogens (tertiary/aromatic N) is 2. The van der Waals surface area contributed by atoms with Gasteiger partial charge in [0.05, 0.1) is 24.6 Å². The molecular weight excluding hydrogens is 436 g/mol. The van der Waals surface area contributed by atoms with Gasteiger partial charge in [-0.25, -0.2) is 4.79 Å². The summed E-state index contributed by atoms with van der Waals surface area (Å²) in [5.41, 5.74) is 4.38. The third-order valence-corrected chi connectivity index (χ3v) is 6.91. The smallest absolute Gasteiger partial charge is 0.319 e. The number of hydrogen-bond acceptors (Lipinski definition) is 4. The second kappa shape index (κ2) is 9.96. The number of benzene rings is 2. The monoisotopic (exact) mass is 472 g/mol. The first kappa shape index (κ1) is 23.8. The van der Waals surface area contributed by atoms with E-state index in [4.69, 9.17) is 9.72 Å². The zero-order valence-corrected chi connectivity index (χ0v) is 21.0. The Morgan fingerprint density at radius 1 is 1.06 bits per heavy atom. The lowest BCUT2D eigenvalue weighted by atomic mass is 9.89. The van der Waals surface area contributed by atoms with Gasteiger partial charge in [-0.05, 0) is 47.3 Å². The molecule has 2 heterocycles. The summed E-state index contributed by atoms with van der Waals surface area (Å²) in [6, 6.07) is 16.7. The topological polar surface area (TPSA) is 66.5 Å². The number of ether oxygens (including phenoxy) is 1. The molecule has 2 atom stereocenters. The van der Waals surface area contributed by atoms with E-state index in [0.29, 0.717) is 11.3 Å². The summed E-state index contributed by atoms with van der Waals surface area (Å²) in [5, 5.41) is 8.37. The highest BCUT2D eigenvalue weighted by Gasteiger charge is 2.40. The third-order valence-electron chi connectivity index (χ3n) is 6.91. The Hall–Kier alpha value is -2.96. The molecule has 2 unspecified atom stereocenters. The number of morpholine rings is 1. The molecule has 0 radical (unpaired) electrons. The number of hydrogen-bond donors (Lipinski definition) is 2. The van der Waals surface area contributed by atoms with E-state index in [1.165, 1.54) is 0 Å². The van der Waals surface area contributed by atoms with Crippen LogP contribution in [0.5, 0.6) is 0 Å². The first-order chi connectivity index (χ1) is 16.9. The average molecular weight is 473 g/mol. The van der Waals surface area contributed by atoms with Gasteiger partial charge in [0.15, 0.2) is 0 Å². The van der Waals surface area contributed by atoms with E-state index in [1.54, 1.807) is 0 Å². The van der Waals surface area contributed by atoms with Crippen molar-refractivity contribution in [2.75, 3.05) is 31.6 Å². The fourth-order valence-electron chi connectivity index (χ4n) is 5.09. The summed E-state index contributed by atoms with van der Waals surface area (Å²) in [6.07, 6.45) is 4.16. The van der Waals surface area contributed by atoms with Gasteiger partial charge in [0.2, 0.25) is 0 Å². The molecule has 2 aromatic carbocycles. The van der Waals surface area contributed by atoms with E-state index in [9.17, 15) is 4.79 Å². The van der Waals surface area contributed by atoms with E-state index in [2.05, 4.69) is 66.6 Å². The molecule has 6 heteroatoms. The maximum atomic E-state index is 12.7. The number of carbonyl (C=O) groups excluding carboxylic acids is 1. The maximum Gasteiger partial charge on any atom is 0.319 e. The summed E-state index contributed by atoms with van der Waals surface area (Å²) < 4.78 is 5.44. The minimum atomic E-state index is -0.126. The molecule has 35 heavy (non-hydrogen) atoms. The Bertz CT molecular complexity index is 1180. The predicted molar refractivity (Wildman–Crippen MR) is 141 cm³/mol. The maximum absolute atomic E-state index is 12.7. The fraction of sp³-hybridized carbons (Fsp3) is 0.448. The van der Waals surface area contributed by atoms with Crippen LogP contribution in [0.4, 0.5) is 10.5 Å². The van der Waals surface area contributed by atoms with Crippen LogP contribution in [0.3, 0.4) is 0 Å². The molecule has 3 aromatic rings. The third kappa shape index (κ3) is 6.00. The molecule has 0 spiro atoms. The molecule has 2 fully saturated rings. The van der Waals surface area contributed by atoms with Crippen molar-refractivity contribution < 1.29 is 9.53 Å². The SMILES string of the molecule is CC(C)(C)CC1CC1NC(=O)Nc1ccc(-c2ccc(CN3CCOCC3)nc2)c2ccccc12. The van der Waals surface area contributed by atoms with Crippen molar-refractivity contribution in [1.29, 1.82) is 0 Å². The number of aromatic nitrogens is 1. The van der Waals surface area contributed by atoms with Gasteiger partial charge in [-0.15, -0.1) is 0 Å². The van der Waals surface area contributed by atoms with Crippen LogP contribution in [-0.2, 0) is 11.3 Å². The highest BCUT2D eigenvalue weighted by atomic mass is 16.5. The number of anilines is 1. The van der Waals surface area contributed by atoms with Gasteiger partial charge in [0.25, 0.3) is 0 Å². The molecule has 1 aliphatic carbocycles. The normalized spacial score (nSPS) is 20.5. The quantitative estimate of drug-likeness (QED) is 0.484. The Morgan fingerprint density at radius 2 is 1.83 bits per heavy atom. The Labute approximate surface area is 208 Å². The zero-order chi connectivity index (χ0) is 24.4. The lowest BCUT2D eigenvalue weighted by molar-refractivity contribution is 0.0336. The van der Waals surface area contributed by atoms with Crippen molar-refractivity contribution >= 4 is 22.5 Å². The summed E-state index contributed by atoms with van der Waals surface area (Å²) in [7, 11) is 0. The summed E-state index contributed by atoms with van der Waals surface area (Å²) in [5.74, 6) is 0.582. The zero-order valence-electron chi connectivity index (χ0n) is 21.0. The van der Waals surface area contributed by atoms with Crippen molar-refractivity contribution in [3.63, 3.8) is 0 Å². The van der Waals surface area contributed by atoms with Crippen LogP contribution < -0.4 is 10.6 Å². The minimum Gasteiger partial charge on any atom is -0.379 e. The van der Waals surface area contributed by atoms with Gasteiger partial charge >= 0.3 is 6.03 Å². The first-order valence-corrected chi connectivity index (χ1v) is 12.7. The molecule has 1 aliphatic heterocycles. The second-order valence-electron chi connectivity index (χ2n) is 11.1. The highest BCUT2D eigenvalue weighted by molar-refractivity contribution is 6.07. The number of urea groups is 1. The average Bonchev–Trinajstić information content (AvgIpc) is 3.55. The number of rotatable bonds is 6. The highest BCUT2D eigenvalue weighted by Crippen LogP contribution is 2.40. The van der Waals surface area contributed by atoms with Crippen LogP contribution in [0.1, 0.15) is 39.3 Å². The second-order valence-corrected chi connectivity index (χ2v) is 11.1. The van der Waals surface area contributed by atoms with E-state index in [1.807, 2.05) is 24.4 Å². The molecule has 1 aromatic heterocycles. The van der Waals surface area contributed by atoms with Gasteiger partial charge < -0.3 is 15.4 Å². The van der Waals surface area contributed by atoms with Crippen LogP contribution in [0, 0.1) is 11.3 Å². The van der Waals surface area contributed by atoms with Crippen molar-refractivity contribution in [2.45, 2.75) is 46.2 Å². The summed E-state index contributed by atoms with van der Waals surface area (Å²) in [4.78, 5) is 19.8. The lowest BCUT2D eigenvalue weighted by Crippen LogP contribution is -2.35. The number of amides is 2. The first-order valence-electron chi connectivity index (χ1n) is 12.7. The number of carbonyl (C=O) groups is 1. The molecular formula is C29H36N4O2. The molecule has 2 aliphatic rings. The number of fused-ring (bicyclic) bond motifs is 1. The van der Waals surface area contributed by atoms with Crippen LogP contribution in [0.15, 0.2) is 54.7 Å². The summed E-state index contributed by atoms with van der Waals surface area (Å²) in [6.45, 7) is 11.1. The van der Waals surface area contributed by atoms with Crippen LogP contribution in [0.25, 0.3) is 21.9 Å². The van der Waals surface area contributed by atoms with Crippen molar-refractivity contribution in [3.8, 4) is 11.1 Å². The molecule has 184 valence electrons.